The molecule has 0 unspecified atom stereocenters. The molecule has 1 heterocycles. The SMILES string of the molecule is COc1ccccc1N1CCN(S(=O)(=O)c2ccc(Cl)cc2Cl)CC1. The van der Waals surface area contributed by atoms with Gasteiger partial charge in [-0.15, -0.1) is 0 Å². The molecule has 0 radical (unpaired) electrons. The minimum Gasteiger partial charge on any atom is -0.495 e. The summed E-state index contributed by atoms with van der Waals surface area (Å²) < 4.78 is 32.5. The number of anilines is 1. The fourth-order valence-corrected chi connectivity index (χ4v) is 5.05. The van der Waals surface area contributed by atoms with Crippen LogP contribution in [-0.2, 0) is 10.0 Å². The zero-order chi connectivity index (χ0) is 18.0. The fraction of sp³-hybridized carbons (Fsp3) is 0.294. The second-order valence-electron chi connectivity index (χ2n) is 5.64. The number of benzene rings is 2. The fourth-order valence-electron chi connectivity index (χ4n) is 2.88. The average Bonchev–Trinajstić information content (AvgIpc) is 2.61. The van der Waals surface area contributed by atoms with E-state index in [1.165, 1.54) is 22.5 Å². The van der Waals surface area contributed by atoms with E-state index in [4.69, 9.17) is 27.9 Å². The first-order valence-electron chi connectivity index (χ1n) is 7.76. The van der Waals surface area contributed by atoms with Crippen LogP contribution in [0.3, 0.4) is 0 Å². The molecule has 2 aromatic rings. The van der Waals surface area contributed by atoms with E-state index in [9.17, 15) is 8.42 Å². The maximum atomic E-state index is 12.8. The molecule has 8 heteroatoms. The summed E-state index contributed by atoms with van der Waals surface area (Å²) in [6.45, 7) is 1.90. The van der Waals surface area contributed by atoms with E-state index in [2.05, 4.69) is 4.90 Å². The van der Waals surface area contributed by atoms with Crippen LogP contribution in [-0.4, -0.2) is 46.0 Å². The zero-order valence-corrected chi connectivity index (χ0v) is 16.0. The number of nitrogens with zero attached hydrogens (tertiary/aromatic N) is 2. The van der Waals surface area contributed by atoms with Crippen LogP contribution in [0.2, 0.25) is 10.0 Å². The molecule has 0 amide bonds. The second-order valence-corrected chi connectivity index (χ2v) is 8.39. The standard InChI is InChI=1S/C17H18Cl2N2O3S/c1-24-16-5-3-2-4-15(16)20-8-10-21(11-9-20)25(22,23)17-7-6-13(18)12-14(17)19/h2-7,12H,8-11H2,1H3. The number of hydrogen-bond acceptors (Lipinski definition) is 4. The van der Waals surface area contributed by atoms with Crippen molar-refractivity contribution >= 4 is 38.9 Å². The summed E-state index contributed by atoms with van der Waals surface area (Å²) >= 11 is 11.9. The van der Waals surface area contributed by atoms with Crippen molar-refractivity contribution in [3.8, 4) is 5.75 Å². The van der Waals surface area contributed by atoms with Crippen LogP contribution in [0.4, 0.5) is 5.69 Å². The summed E-state index contributed by atoms with van der Waals surface area (Å²) in [7, 11) is -2.02. The van der Waals surface area contributed by atoms with Crippen LogP contribution < -0.4 is 9.64 Å². The number of para-hydroxylation sites is 2. The molecule has 1 aliphatic rings. The van der Waals surface area contributed by atoms with Gasteiger partial charge in [0.15, 0.2) is 0 Å². The van der Waals surface area contributed by atoms with Gasteiger partial charge in [-0.1, -0.05) is 35.3 Å². The smallest absolute Gasteiger partial charge is 0.244 e. The van der Waals surface area contributed by atoms with Crippen LogP contribution in [0.5, 0.6) is 5.75 Å². The molecule has 25 heavy (non-hydrogen) atoms. The van der Waals surface area contributed by atoms with Gasteiger partial charge in [-0.3, -0.25) is 0 Å². The van der Waals surface area contributed by atoms with Crippen molar-refractivity contribution in [2.24, 2.45) is 0 Å². The second kappa shape index (κ2) is 7.41. The minimum atomic E-state index is -3.65. The molecular weight excluding hydrogens is 383 g/mol. The van der Waals surface area contributed by atoms with E-state index in [1.807, 2.05) is 24.3 Å². The van der Waals surface area contributed by atoms with Gasteiger partial charge in [0.05, 0.1) is 17.8 Å². The lowest BCUT2D eigenvalue weighted by atomic mass is 10.2. The third kappa shape index (κ3) is 3.72. The lowest BCUT2D eigenvalue weighted by molar-refractivity contribution is 0.378. The lowest BCUT2D eigenvalue weighted by Crippen LogP contribution is -2.48. The first-order valence-corrected chi connectivity index (χ1v) is 9.96. The van der Waals surface area contributed by atoms with Gasteiger partial charge in [-0.2, -0.15) is 4.31 Å². The van der Waals surface area contributed by atoms with Gasteiger partial charge in [0.2, 0.25) is 10.0 Å². The monoisotopic (exact) mass is 400 g/mol. The number of sulfonamides is 1. The van der Waals surface area contributed by atoms with Crippen LogP contribution in [0.25, 0.3) is 0 Å². The van der Waals surface area contributed by atoms with E-state index in [1.54, 1.807) is 7.11 Å². The molecule has 1 aliphatic heterocycles. The lowest BCUT2D eigenvalue weighted by Gasteiger charge is -2.36. The van der Waals surface area contributed by atoms with Gasteiger partial charge < -0.3 is 9.64 Å². The maximum Gasteiger partial charge on any atom is 0.244 e. The normalized spacial score (nSPS) is 16.0. The van der Waals surface area contributed by atoms with Crippen LogP contribution in [0.1, 0.15) is 0 Å². The molecule has 2 aromatic carbocycles. The molecule has 134 valence electrons. The van der Waals surface area contributed by atoms with Crippen LogP contribution in [0.15, 0.2) is 47.4 Å². The minimum absolute atomic E-state index is 0.0873. The van der Waals surface area contributed by atoms with Crippen LogP contribution >= 0.6 is 23.2 Å². The van der Waals surface area contributed by atoms with Gasteiger partial charge in [-0.25, -0.2) is 8.42 Å². The summed E-state index contributed by atoms with van der Waals surface area (Å²) in [5.74, 6) is 0.777. The molecule has 0 N–H and O–H groups in total. The van der Waals surface area contributed by atoms with Crippen molar-refractivity contribution in [2.45, 2.75) is 4.90 Å². The number of hydrogen-bond donors (Lipinski definition) is 0. The molecule has 1 saturated heterocycles. The summed E-state index contributed by atoms with van der Waals surface area (Å²) in [4.78, 5) is 2.21. The number of methoxy groups -OCH3 is 1. The summed E-state index contributed by atoms with van der Waals surface area (Å²) in [6, 6.07) is 12.1. The largest absolute Gasteiger partial charge is 0.495 e. The maximum absolute atomic E-state index is 12.8. The Bertz CT molecular complexity index is 866. The Hall–Kier alpha value is -1.47. The van der Waals surface area contributed by atoms with Crippen molar-refractivity contribution in [1.82, 2.24) is 4.31 Å². The molecule has 3 rings (SSSR count). The number of halogens is 2. The Kier molecular flexibility index (Phi) is 5.43. The third-order valence-corrected chi connectivity index (χ3v) is 6.79. The van der Waals surface area contributed by atoms with Crippen molar-refractivity contribution < 1.29 is 13.2 Å². The van der Waals surface area contributed by atoms with E-state index in [0.29, 0.717) is 31.2 Å². The van der Waals surface area contributed by atoms with E-state index >= 15 is 0 Å². The average molecular weight is 401 g/mol. The Balaban J connectivity index is 1.77. The van der Waals surface area contributed by atoms with Crippen LogP contribution in [0, 0.1) is 0 Å². The molecule has 0 spiro atoms. The molecule has 0 bridgehead atoms. The topological polar surface area (TPSA) is 49.9 Å². The Labute approximate surface area is 157 Å². The highest BCUT2D eigenvalue weighted by molar-refractivity contribution is 7.89. The van der Waals surface area contributed by atoms with Crippen molar-refractivity contribution in [1.29, 1.82) is 0 Å². The molecule has 0 atom stereocenters. The molecule has 0 aliphatic carbocycles. The molecule has 1 fully saturated rings. The van der Waals surface area contributed by atoms with Gasteiger partial charge in [-0.05, 0) is 30.3 Å². The highest BCUT2D eigenvalue weighted by Crippen LogP contribution is 2.31. The zero-order valence-electron chi connectivity index (χ0n) is 13.7. The Morgan fingerprint density at radius 1 is 1.00 bits per heavy atom. The summed E-state index contributed by atoms with van der Waals surface area (Å²) in [6.07, 6.45) is 0. The van der Waals surface area contributed by atoms with Crippen molar-refractivity contribution in [3.63, 3.8) is 0 Å². The predicted octanol–water partition coefficient (Wildman–Crippen LogP) is 3.51. The van der Waals surface area contributed by atoms with Crippen molar-refractivity contribution in [3.05, 3.63) is 52.5 Å². The number of piperazine rings is 1. The number of ether oxygens (including phenoxy) is 1. The molecular formula is C17H18Cl2N2O3S. The van der Waals surface area contributed by atoms with Gasteiger partial charge in [0.1, 0.15) is 10.6 Å². The Morgan fingerprint density at radius 3 is 2.32 bits per heavy atom. The first kappa shape index (κ1) is 18.3. The molecule has 0 saturated carbocycles. The summed E-state index contributed by atoms with van der Waals surface area (Å²) in [5, 5.41) is 0.546. The quantitative estimate of drug-likeness (QED) is 0.787. The van der Waals surface area contributed by atoms with Gasteiger partial charge in [0, 0.05) is 31.2 Å². The highest BCUT2D eigenvalue weighted by Gasteiger charge is 2.30. The summed E-state index contributed by atoms with van der Waals surface area (Å²) in [5.41, 5.74) is 0.964. The highest BCUT2D eigenvalue weighted by atomic mass is 35.5. The first-order chi connectivity index (χ1) is 11.9. The predicted molar refractivity (Wildman–Crippen MR) is 100 cm³/mol. The number of rotatable bonds is 4. The van der Waals surface area contributed by atoms with E-state index < -0.39 is 10.0 Å². The van der Waals surface area contributed by atoms with E-state index in [-0.39, 0.29) is 9.92 Å². The third-order valence-electron chi connectivity index (χ3n) is 4.18. The van der Waals surface area contributed by atoms with Gasteiger partial charge in [0.25, 0.3) is 0 Å². The molecule has 0 aromatic heterocycles. The van der Waals surface area contributed by atoms with E-state index in [0.717, 1.165) is 11.4 Å². The van der Waals surface area contributed by atoms with Crippen molar-refractivity contribution in [2.75, 3.05) is 38.2 Å². The molecule has 5 nitrogen and oxygen atoms in total. The Morgan fingerprint density at radius 2 is 1.68 bits per heavy atom. The van der Waals surface area contributed by atoms with Gasteiger partial charge >= 0.3 is 0 Å².